The molecule has 0 saturated heterocycles. The lowest BCUT2D eigenvalue weighted by atomic mass is 10.0. The fraction of sp³-hybridized carbons (Fsp3) is 0.455. The molecule has 2 unspecified atom stereocenters. The molecule has 1 aromatic carbocycles. The molecule has 0 aliphatic carbocycles. The van der Waals surface area contributed by atoms with Gasteiger partial charge in [0.25, 0.3) is 0 Å². The van der Waals surface area contributed by atoms with Gasteiger partial charge in [0.1, 0.15) is 11.9 Å². The third-order valence-corrected chi connectivity index (χ3v) is 2.88. The molecule has 2 atom stereocenters. The van der Waals surface area contributed by atoms with E-state index in [1.54, 1.807) is 0 Å². The molecule has 1 aromatic rings. The highest BCUT2D eigenvalue weighted by Crippen LogP contribution is 2.38. The molecular formula is C11H15NO. The van der Waals surface area contributed by atoms with E-state index in [0.29, 0.717) is 0 Å². The first kappa shape index (κ1) is 8.57. The molecule has 2 N–H and O–H groups in total. The van der Waals surface area contributed by atoms with Crippen molar-refractivity contribution < 1.29 is 4.74 Å². The highest BCUT2D eigenvalue weighted by atomic mass is 16.5. The molecule has 13 heavy (non-hydrogen) atoms. The Bertz CT molecular complexity index is 346. The van der Waals surface area contributed by atoms with Crippen molar-refractivity contribution in [3.8, 4) is 5.75 Å². The summed E-state index contributed by atoms with van der Waals surface area (Å²) in [5.74, 6) is 1.00. The van der Waals surface area contributed by atoms with Crippen LogP contribution in [0.4, 0.5) is 0 Å². The average molecular weight is 177 g/mol. The van der Waals surface area contributed by atoms with Gasteiger partial charge < -0.3 is 10.5 Å². The maximum atomic E-state index is 5.98. The summed E-state index contributed by atoms with van der Waals surface area (Å²) in [7, 11) is 0. The lowest BCUT2D eigenvalue weighted by Crippen LogP contribution is -2.21. The van der Waals surface area contributed by atoms with Gasteiger partial charge in [-0.1, -0.05) is 12.1 Å². The fourth-order valence-corrected chi connectivity index (χ4v) is 1.74. The predicted octanol–water partition coefficient (Wildman–Crippen LogP) is 2.08. The third-order valence-electron chi connectivity index (χ3n) is 2.88. The zero-order valence-electron chi connectivity index (χ0n) is 8.29. The minimum atomic E-state index is 0.0364. The second kappa shape index (κ2) is 2.74. The highest BCUT2D eigenvalue weighted by Gasteiger charge is 2.29. The number of fused-ring (bicyclic) bond motifs is 1. The normalized spacial score (nSPS) is 25.5. The Morgan fingerprint density at radius 2 is 2.00 bits per heavy atom. The summed E-state index contributed by atoms with van der Waals surface area (Å²) in [6.45, 7) is 6.19. The monoisotopic (exact) mass is 177 g/mol. The van der Waals surface area contributed by atoms with Gasteiger partial charge in [0, 0.05) is 5.56 Å². The largest absolute Gasteiger partial charge is 0.488 e. The lowest BCUT2D eigenvalue weighted by Gasteiger charge is -2.07. The summed E-state index contributed by atoms with van der Waals surface area (Å²) in [4.78, 5) is 0. The van der Waals surface area contributed by atoms with E-state index in [4.69, 9.17) is 10.5 Å². The number of aryl methyl sites for hydroxylation is 1. The van der Waals surface area contributed by atoms with Crippen LogP contribution in [0.15, 0.2) is 12.1 Å². The van der Waals surface area contributed by atoms with Crippen LogP contribution in [0.5, 0.6) is 5.75 Å². The molecule has 1 aliphatic heterocycles. The van der Waals surface area contributed by atoms with Crippen LogP contribution in [0.25, 0.3) is 0 Å². The minimum Gasteiger partial charge on any atom is -0.488 e. The maximum absolute atomic E-state index is 5.98. The molecule has 0 saturated carbocycles. The second-order valence-corrected chi connectivity index (χ2v) is 3.77. The van der Waals surface area contributed by atoms with Crippen LogP contribution >= 0.6 is 0 Å². The summed E-state index contributed by atoms with van der Waals surface area (Å²) < 4.78 is 5.71. The number of nitrogens with two attached hydrogens (primary N) is 1. The number of hydrogen-bond donors (Lipinski definition) is 1. The molecule has 2 rings (SSSR count). The van der Waals surface area contributed by atoms with Gasteiger partial charge in [-0.25, -0.2) is 0 Å². The molecule has 0 fully saturated rings. The topological polar surface area (TPSA) is 35.2 Å². The Morgan fingerprint density at radius 3 is 2.69 bits per heavy atom. The van der Waals surface area contributed by atoms with E-state index >= 15 is 0 Å². The van der Waals surface area contributed by atoms with E-state index in [2.05, 4.69) is 26.0 Å². The Balaban J connectivity index is 2.57. The zero-order chi connectivity index (χ0) is 9.59. The molecule has 0 aromatic heterocycles. The minimum absolute atomic E-state index is 0.0364. The van der Waals surface area contributed by atoms with Crippen molar-refractivity contribution in [2.45, 2.75) is 32.9 Å². The van der Waals surface area contributed by atoms with Gasteiger partial charge in [0.05, 0.1) is 6.04 Å². The van der Waals surface area contributed by atoms with Crippen LogP contribution < -0.4 is 10.5 Å². The van der Waals surface area contributed by atoms with E-state index < -0.39 is 0 Å². The third kappa shape index (κ3) is 1.13. The van der Waals surface area contributed by atoms with Crippen molar-refractivity contribution >= 4 is 0 Å². The summed E-state index contributed by atoms with van der Waals surface area (Å²) in [5, 5.41) is 0. The van der Waals surface area contributed by atoms with Crippen LogP contribution in [0.1, 0.15) is 29.7 Å². The molecule has 70 valence electrons. The molecule has 2 nitrogen and oxygen atoms in total. The van der Waals surface area contributed by atoms with Crippen LogP contribution in [0, 0.1) is 13.8 Å². The summed E-state index contributed by atoms with van der Waals surface area (Å²) in [6, 6.07) is 4.22. The predicted molar refractivity (Wildman–Crippen MR) is 52.9 cm³/mol. The standard InChI is InChI=1S/C11H15NO/c1-6-4-5-9-10(12)8(3)13-11(9)7(6)2/h4-5,8,10H,12H2,1-3H3. The van der Waals surface area contributed by atoms with Gasteiger partial charge in [-0.15, -0.1) is 0 Å². The second-order valence-electron chi connectivity index (χ2n) is 3.77. The molecule has 1 aliphatic rings. The molecule has 0 amide bonds. The molecule has 1 heterocycles. The van der Waals surface area contributed by atoms with E-state index in [1.165, 1.54) is 11.1 Å². The number of rotatable bonds is 0. The SMILES string of the molecule is Cc1ccc2c(c1C)OC(C)C2N. The number of hydrogen-bond acceptors (Lipinski definition) is 2. The van der Waals surface area contributed by atoms with Crippen LogP contribution in [-0.2, 0) is 0 Å². The van der Waals surface area contributed by atoms with Gasteiger partial charge in [0.15, 0.2) is 0 Å². The van der Waals surface area contributed by atoms with Gasteiger partial charge in [-0.05, 0) is 31.9 Å². The molecule has 0 spiro atoms. The first-order chi connectivity index (χ1) is 6.11. The van der Waals surface area contributed by atoms with Crippen molar-refractivity contribution in [3.63, 3.8) is 0 Å². The first-order valence-corrected chi connectivity index (χ1v) is 4.63. The molecule has 0 bridgehead atoms. The van der Waals surface area contributed by atoms with Crippen molar-refractivity contribution in [2.75, 3.05) is 0 Å². The average Bonchev–Trinajstić information content (AvgIpc) is 2.38. The van der Waals surface area contributed by atoms with E-state index in [9.17, 15) is 0 Å². The van der Waals surface area contributed by atoms with Crippen molar-refractivity contribution in [1.82, 2.24) is 0 Å². The van der Waals surface area contributed by atoms with Crippen LogP contribution in [-0.4, -0.2) is 6.10 Å². The maximum Gasteiger partial charge on any atom is 0.127 e. The van der Waals surface area contributed by atoms with Crippen LogP contribution in [0.2, 0.25) is 0 Å². The molecule has 2 heteroatoms. The lowest BCUT2D eigenvalue weighted by molar-refractivity contribution is 0.227. The molecule has 0 radical (unpaired) electrons. The van der Waals surface area contributed by atoms with Crippen molar-refractivity contribution in [1.29, 1.82) is 0 Å². The smallest absolute Gasteiger partial charge is 0.127 e. The van der Waals surface area contributed by atoms with Gasteiger partial charge in [0.2, 0.25) is 0 Å². The number of ether oxygens (including phenoxy) is 1. The summed E-state index contributed by atoms with van der Waals surface area (Å²) >= 11 is 0. The van der Waals surface area contributed by atoms with Gasteiger partial charge >= 0.3 is 0 Å². The van der Waals surface area contributed by atoms with Crippen molar-refractivity contribution in [2.24, 2.45) is 5.73 Å². The Hall–Kier alpha value is -1.02. The Kier molecular flexibility index (Phi) is 1.81. The summed E-state index contributed by atoms with van der Waals surface area (Å²) in [5.41, 5.74) is 9.62. The molecular weight excluding hydrogens is 162 g/mol. The Labute approximate surface area is 78.7 Å². The van der Waals surface area contributed by atoms with Gasteiger partial charge in [-0.3, -0.25) is 0 Å². The van der Waals surface area contributed by atoms with Gasteiger partial charge in [-0.2, -0.15) is 0 Å². The Morgan fingerprint density at radius 1 is 1.31 bits per heavy atom. The first-order valence-electron chi connectivity index (χ1n) is 4.63. The van der Waals surface area contributed by atoms with Crippen LogP contribution in [0.3, 0.4) is 0 Å². The quantitative estimate of drug-likeness (QED) is 0.658. The number of benzene rings is 1. The highest BCUT2D eigenvalue weighted by molar-refractivity contribution is 5.49. The summed E-state index contributed by atoms with van der Waals surface area (Å²) in [6.07, 6.45) is 0.107. The van der Waals surface area contributed by atoms with Crippen molar-refractivity contribution in [3.05, 3.63) is 28.8 Å². The van der Waals surface area contributed by atoms with E-state index in [-0.39, 0.29) is 12.1 Å². The fourth-order valence-electron chi connectivity index (χ4n) is 1.74. The van der Waals surface area contributed by atoms with E-state index in [1.807, 2.05) is 6.92 Å². The zero-order valence-corrected chi connectivity index (χ0v) is 8.29. The van der Waals surface area contributed by atoms with E-state index in [0.717, 1.165) is 11.3 Å².